The number of likely N-dealkylation sites (tertiary alicyclic amines) is 1. The molecule has 7 rings (SSSR count). The van der Waals surface area contributed by atoms with Crippen molar-refractivity contribution in [3.63, 3.8) is 0 Å². The van der Waals surface area contributed by atoms with Gasteiger partial charge in [-0.25, -0.2) is 4.98 Å². The summed E-state index contributed by atoms with van der Waals surface area (Å²) in [7, 11) is -4.00. The number of nitrogens with zero attached hydrogens (tertiary/aromatic N) is 2. The zero-order valence-corrected chi connectivity index (χ0v) is 31.0. The molecule has 0 spiro atoms. The minimum absolute atomic E-state index is 0.0180. The van der Waals surface area contributed by atoms with Gasteiger partial charge in [0.15, 0.2) is 0 Å². The second-order valence-corrected chi connectivity index (χ2v) is 14.1. The van der Waals surface area contributed by atoms with Crippen molar-refractivity contribution in [3.05, 3.63) is 142 Å². The number of alkyl halides is 3. The van der Waals surface area contributed by atoms with Gasteiger partial charge >= 0.3 is 6.36 Å². The molecule has 4 aromatic carbocycles. The number of anilines is 1. The molecule has 1 fully saturated rings. The van der Waals surface area contributed by atoms with E-state index in [1.54, 1.807) is 29.2 Å². The Kier molecular flexibility index (Phi) is 13.3. The largest absolute Gasteiger partial charge is 0.573 e. The van der Waals surface area contributed by atoms with Gasteiger partial charge in [-0.3, -0.25) is 14.1 Å². The van der Waals surface area contributed by atoms with Gasteiger partial charge in [-0.2, -0.15) is 8.42 Å². The van der Waals surface area contributed by atoms with Crippen LogP contribution in [-0.2, 0) is 34.2 Å². The smallest absolute Gasteiger partial charge is 0.406 e. The lowest BCUT2D eigenvalue weighted by Gasteiger charge is -2.18. The molecule has 3 N–H and O–H groups in total. The van der Waals surface area contributed by atoms with Crippen molar-refractivity contribution in [2.24, 2.45) is 0 Å². The van der Waals surface area contributed by atoms with Gasteiger partial charge in [0.2, 0.25) is 11.5 Å². The standard InChI is InChI=1S/C24H24F3N3O2.C11H11NO.C6H6O3S/c1-2-17-14-22(29-21-6-4-3-5-20(17)21)28-18-11-12-30(15-18)23(31)13-16-7-9-19(10-8-16)32-24(25,26)27;1-2-8-7-11(13)12-10-6-4-3-5-9(8)10;7-10(8,9)6-4-2-1-3-5-6/h3-10,14,18H,2,11-13,15H2,1H3,(H,28,29);3-7H,2H2,1H3,(H,12,13);1-5H,(H,7,8,9)/t18-;;/m0../s1. The molecular weight excluding hydrogens is 734 g/mol. The normalized spacial score (nSPS) is 14.1. The van der Waals surface area contributed by atoms with Crippen molar-refractivity contribution in [2.45, 2.75) is 56.8 Å². The number of para-hydroxylation sites is 2. The Labute approximate surface area is 316 Å². The molecule has 0 unspecified atom stereocenters. The maximum absolute atomic E-state index is 12.7. The molecule has 288 valence electrons. The predicted molar refractivity (Wildman–Crippen MR) is 207 cm³/mol. The van der Waals surface area contributed by atoms with Crippen molar-refractivity contribution >= 4 is 43.6 Å². The number of hydrogen-bond acceptors (Lipinski definition) is 7. The van der Waals surface area contributed by atoms with Crippen molar-refractivity contribution in [1.29, 1.82) is 0 Å². The van der Waals surface area contributed by atoms with Crippen LogP contribution >= 0.6 is 0 Å². The molecule has 1 amide bonds. The molecule has 6 aromatic rings. The van der Waals surface area contributed by atoms with Crippen LogP contribution in [0, 0.1) is 0 Å². The van der Waals surface area contributed by atoms with E-state index in [4.69, 9.17) is 9.54 Å². The highest BCUT2D eigenvalue weighted by atomic mass is 32.2. The first kappa shape index (κ1) is 40.5. The second-order valence-electron chi connectivity index (χ2n) is 12.7. The van der Waals surface area contributed by atoms with Crippen molar-refractivity contribution < 1.29 is 35.7 Å². The zero-order valence-electron chi connectivity index (χ0n) is 30.2. The van der Waals surface area contributed by atoms with Gasteiger partial charge < -0.3 is 19.9 Å². The third-order valence-electron chi connectivity index (χ3n) is 8.85. The topological polar surface area (TPSA) is 142 Å². The van der Waals surface area contributed by atoms with Crippen LogP contribution in [0.2, 0.25) is 0 Å². The summed E-state index contributed by atoms with van der Waals surface area (Å²) in [5.74, 6) is 0.452. The monoisotopic (exact) mass is 774 g/mol. The van der Waals surface area contributed by atoms with Crippen molar-refractivity contribution in [1.82, 2.24) is 14.9 Å². The van der Waals surface area contributed by atoms with E-state index in [-0.39, 0.29) is 34.6 Å². The molecule has 0 saturated carbocycles. The number of H-pyrrole nitrogens is 1. The van der Waals surface area contributed by atoms with E-state index < -0.39 is 16.5 Å². The van der Waals surface area contributed by atoms with Crippen molar-refractivity contribution in [2.75, 3.05) is 18.4 Å². The molecule has 1 aliphatic rings. The number of nitrogens with one attached hydrogen (secondary N) is 2. The number of pyridine rings is 2. The number of halogens is 3. The molecule has 3 heterocycles. The summed E-state index contributed by atoms with van der Waals surface area (Å²) < 4.78 is 69.9. The number of aromatic amines is 1. The van der Waals surface area contributed by atoms with Gasteiger partial charge in [0.05, 0.1) is 16.8 Å². The van der Waals surface area contributed by atoms with Crippen LogP contribution in [-0.4, -0.2) is 59.2 Å². The summed E-state index contributed by atoms with van der Waals surface area (Å²) in [5.41, 5.74) is 4.83. The number of benzene rings is 4. The lowest BCUT2D eigenvalue weighted by Crippen LogP contribution is -2.32. The first-order chi connectivity index (χ1) is 26.2. The van der Waals surface area contributed by atoms with E-state index in [1.165, 1.54) is 42.0 Å². The minimum Gasteiger partial charge on any atom is -0.406 e. The molecule has 0 bridgehead atoms. The number of amides is 1. The summed E-state index contributed by atoms with van der Waals surface area (Å²) in [6.07, 6.45) is -2.00. The van der Waals surface area contributed by atoms with E-state index in [1.807, 2.05) is 42.5 Å². The van der Waals surface area contributed by atoms with Gasteiger partial charge in [-0.15, -0.1) is 13.2 Å². The highest BCUT2D eigenvalue weighted by Crippen LogP contribution is 2.25. The number of hydrogen-bond donors (Lipinski definition) is 3. The third kappa shape index (κ3) is 11.6. The van der Waals surface area contributed by atoms with Crippen LogP contribution in [0.4, 0.5) is 19.0 Å². The Hall–Kier alpha value is -5.73. The molecule has 10 nitrogen and oxygen atoms in total. The van der Waals surface area contributed by atoms with Gasteiger partial charge in [0.25, 0.3) is 10.1 Å². The van der Waals surface area contributed by atoms with Crippen LogP contribution in [0.1, 0.15) is 37.0 Å². The number of carbonyl (C=O) groups excluding carboxylic acids is 1. The van der Waals surface area contributed by atoms with Crippen LogP contribution in [0.15, 0.2) is 125 Å². The Morgan fingerprint density at radius 2 is 1.51 bits per heavy atom. The second kappa shape index (κ2) is 18.1. The SMILES string of the molecule is CCc1cc(=O)[nH]c2ccccc12.CCc1cc(N[C@H]2CCN(C(=O)Cc3ccc(OC(F)(F)F)cc3)C2)nc2ccccc12.O=S(=O)(O)c1ccccc1. The van der Waals surface area contributed by atoms with Crippen LogP contribution < -0.4 is 15.6 Å². The van der Waals surface area contributed by atoms with E-state index in [9.17, 15) is 31.2 Å². The molecular formula is C41H41F3N4O6S. The van der Waals surface area contributed by atoms with Gasteiger partial charge in [0, 0.05) is 41.5 Å². The number of ether oxygens (including phenoxy) is 1. The fourth-order valence-electron chi connectivity index (χ4n) is 6.19. The highest BCUT2D eigenvalue weighted by Gasteiger charge is 2.31. The number of rotatable bonds is 8. The van der Waals surface area contributed by atoms with E-state index in [2.05, 4.69) is 41.0 Å². The summed E-state index contributed by atoms with van der Waals surface area (Å²) >= 11 is 0. The van der Waals surface area contributed by atoms with Crippen LogP contribution in [0.25, 0.3) is 21.8 Å². The zero-order chi connectivity index (χ0) is 39.6. The summed E-state index contributed by atoms with van der Waals surface area (Å²) in [6.45, 7) is 5.36. The fourth-order valence-corrected chi connectivity index (χ4v) is 6.69. The molecule has 1 aliphatic heterocycles. The summed E-state index contributed by atoms with van der Waals surface area (Å²) in [5, 5.41) is 5.75. The first-order valence-corrected chi connectivity index (χ1v) is 19.1. The summed E-state index contributed by atoms with van der Waals surface area (Å²) in [6, 6.07) is 32.6. The Morgan fingerprint density at radius 3 is 2.15 bits per heavy atom. The highest BCUT2D eigenvalue weighted by molar-refractivity contribution is 7.85. The molecule has 0 radical (unpaired) electrons. The molecule has 1 saturated heterocycles. The van der Waals surface area contributed by atoms with Gasteiger partial charge in [0.1, 0.15) is 11.6 Å². The van der Waals surface area contributed by atoms with E-state index >= 15 is 0 Å². The Balaban J connectivity index is 0.000000204. The molecule has 2 aromatic heterocycles. The maximum atomic E-state index is 12.7. The Morgan fingerprint density at radius 1 is 0.891 bits per heavy atom. The first-order valence-electron chi connectivity index (χ1n) is 17.6. The molecule has 55 heavy (non-hydrogen) atoms. The summed E-state index contributed by atoms with van der Waals surface area (Å²) in [4.78, 5) is 33.1. The lowest BCUT2D eigenvalue weighted by atomic mass is 10.1. The van der Waals surface area contributed by atoms with Gasteiger partial charge in [-0.1, -0.05) is 80.6 Å². The van der Waals surface area contributed by atoms with Crippen LogP contribution in [0.5, 0.6) is 5.75 Å². The molecule has 0 aliphatic carbocycles. The van der Waals surface area contributed by atoms with E-state index in [0.717, 1.165) is 52.4 Å². The Bertz CT molecular complexity index is 2390. The number of aromatic nitrogens is 2. The maximum Gasteiger partial charge on any atom is 0.573 e. The quantitative estimate of drug-likeness (QED) is 0.132. The number of carbonyl (C=O) groups is 1. The number of aryl methyl sites for hydroxylation is 2. The average Bonchev–Trinajstić information content (AvgIpc) is 3.63. The molecule has 14 heteroatoms. The number of fused-ring (bicyclic) bond motifs is 2. The molecule has 1 atom stereocenters. The minimum atomic E-state index is -4.73. The lowest BCUT2D eigenvalue weighted by molar-refractivity contribution is -0.274. The fraction of sp³-hybridized carbons (Fsp3) is 0.244. The van der Waals surface area contributed by atoms with Gasteiger partial charge in [-0.05, 0) is 78.4 Å². The third-order valence-corrected chi connectivity index (χ3v) is 9.71. The average molecular weight is 775 g/mol. The van der Waals surface area contributed by atoms with Crippen LogP contribution in [0.3, 0.4) is 0 Å². The predicted octanol–water partition coefficient (Wildman–Crippen LogP) is 7.98. The van der Waals surface area contributed by atoms with Crippen molar-refractivity contribution in [3.8, 4) is 5.75 Å². The van der Waals surface area contributed by atoms with E-state index in [0.29, 0.717) is 18.7 Å².